The minimum absolute atomic E-state index is 0.113. The van der Waals surface area contributed by atoms with Crippen molar-refractivity contribution in [2.45, 2.75) is 65.0 Å². The third-order valence-corrected chi connectivity index (χ3v) is 8.29. The number of fused-ring (bicyclic) bond motifs is 1. The Morgan fingerprint density at radius 2 is 1.71 bits per heavy atom. The Kier molecular flexibility index (Phi) is 7.85. The number of carbonyl (C=O) groups excluding carboxylic acids is 1. The Balaban J connectivity index is 1.54. The molecular formula is C38H37NO3. The summed E-state index contributed by atoms with van der Waals surface area (Å²) in [6.07, 6.45) is 14.7. The molecule has 2 fully saturated rings. The topological polar surface area (TPSA) is 48.3 Å². The molecular weight excluding hydrogens is 518 g/mol. The number of allylic oxidation sites excluding steroid dienone is 6. The third-order valence-electron chi connectivity index (χ3n) is 8.29. The Hall–Kier alpha value is -4.36. The fourth-order valence-corrected chi connectivity index (χ4v) is 5.61. The van der Waals surface area contributed by atoms with Crippen LogP contribution in [0.3, 0.4) is 0 Å². The van der Waals surface area contributed by atoms with Crippen molar-refractivity contribution < 1.29 is 9.53 Å². The van der Waals surface area contributed by atoms with Crippen LogP contribution in [-0.2, 0) is 0 Å². The van der Waals surface area contributed by atoms with Gasteiger partial charge in [0.05, 0.1) is 17.4 Å². The van der Waals surface area contributed by atoms with Crippen molar-refractivity contribution in [2.75, 3.05) is 0 Å². The van der Waals surface area contributed by atoms with Crippen LogP contribution < -0.4 is 10.2 Å². The van der Waals surface area contributed by atoms with Crippen molar-refractivity contribution in [3.8, 4) is 17.6 Å². The predicted octanol–water partition coefficient (Wildman–Crippen LogP) is 8.13. The molecule has 0 saturated heterocycles. The van der Waals surface area contributed by atoms with Crippen LogP contribution in [0.15, 0.2) is 83.8 Å². The number of benzene rings is 2. The van der Waals surface area contributed by atoms with E-state index in [9.17, 15) is 9.59 Å². The van der Waals surface area contributed by atoms with Crippen LogP contribution in [0, 0.1) is 23.7 Å². The van der Waals surface area contributed by atoms with Crippen molar-refractivity contribution in [3.05, 3.63) is 117 Å². The number of ether oxygens (including phenoxy) is 1. The normalized spacial score (nSPS) is 19.4. The van der Waals surface area contributed by atoms with Crippen LogP contribution in [0.25, 0.3) is 16.7 Å². The van der Waals surface area contributed by atoms with Crippen LogP contribution in [-0.4, -0.2) is 17.0 Å². The average Bonchev–Trinajstić information content (AvgIpc) is 3.92. The van der Waals surface area contributed by atoms with E-state index in [2.05, 4.69) is 91.8 Å². The molecule has 4 heteroatoms. The number of nitrogens with zero attached hydrogens (tertiary/aromatic N) is 1. The van der Waals surface area contributed by atoms with Crippen LogP contribution >= 0.6 is 0 Å². The van der Waals surface area contributed by atoms with Gasteiger partial charge in [0.25, 0.3) is 0 Å². The summed E-state index contributed by atoms with van der Waals surface area (Å²) >= 11 is 0. The van der Waals surface area contributed by atoms with Gasteiger partial charge in [0.2, 0.25) is 0 Å². The van der Waals surface area contributed by atoms with Gasteiger partial charge in [-0.15, -0.1) is 0 Å². The fraction of sp³-hybridized carbons (Fsp3) is 0.316. The molecule has 0 spiro atoms. The van der Waals surface area contributed by atoms with Gasteiger partial charge in [-0.3, -0.25) is 9.59 Å². The maximum absolute atomic E-state index is 13.1. The molecule has 42 heavy (non-hydrogen) atoms. The number of aromatic nitrogens is 1. The van der Waals surface area contributed by atoms with Gasteiger partial charge < -0.3 is 9.30 Å². The van der Waals surface area contributed by atoms with Crippen LogP contribution in [0.5, 0.6) is 5.75 Å². The smallest absolute Gasteiger partial charge is 0.192 e. The average molecular weight is 556 g/mol. The van der Waals surface area contributed by atoms with E-state index in [0.717, 1.165) is 64.1 Å². The van der Waals surface area contributed by atoms with Gasteiger partial charge in [-0.2, -0.15) is 0 Å². The van der Waals surface area contributed by atoms with E-state index in [1.807, 2.05) is 12.1 Å². The van der Waals surface area contributed by atoms with Crippen LogP contribution in [0.1, 0.15) is 91.7 Å². The zero-order valence-corrected chi connectivity index (χ0v) is 24.6. The predicted molar refractivity (Wildman–Crippen MR) is 170 cm³/mol. The molecule has 6 rings (SSSR count). The van der Waals surface area contributed by atoms with E-state index < -0.39 is 0 Å². The summed E-state index contributed by atoms with van der Waals surface area (Å²) in [6, 6.07) is 18.5. The lowest BCUT2D eigenvalue weighted by atomic mass is 9.86. The molecule has 2 heterocycles. The lowest BCUT2D eigenvalue weighted by Gasteiger charge is -2.26. The zero-order valence-electron chi connectivity index (χ0n) is 24.6. The van der Waals surface area contributed by atoms with E-state index >= 15 is 0 Å². The molecule has 1 aromatic heterocycles. The summed E-state index contributed by atoms with van der Waals surface area (Å²) in [5, 5.41) is 0. The van der Waals surface area contributed by atoms with E-state index in [0.29, 0.717) is 24.2 Å². The largest absolute Gasteiger partial charge is 0.490 e. The Morgan fingerprint density at radius 3 is 2.33 bits per heavy atom. The minimum Gasteiger partial charge on any atom is -0.490 e. The van der Waals surface area contributed by atoms with Gasteiger partial charge in [0.1, 0.15) is 5.75 Å². The molecule has 1 unspecified atom stereocenters. The Bertz CT molecular complexity index is 1700. The fourth-order valence-electron chi connectivity index (χ4n) is 5.61. The summed E-state index contributed by atoms with van der Waals surface area (Å²) in [5.41, 5.74) is 6.91. The molecule has 2 aliphatic carbocycles. The number of rotatable bonds is 7. The Morgan fingerprint density at radius 1 is 1.00 bits per heavy atom. The summed E-state index contributed by atoms with van der Waals surface area (Å²) in [4.78, 5) is 24.9. The number of carbonyl (C=O) groups is 1. The van der Waals surface area contributed by atoms with Gasteiger partial charge in [-0.05, 0) is 91.5 Å². The van der Waals surface area contributed by atoms with Crippen molar-refractivity contribution in [3.63, 3.8) is 0 Å². The van der Waals surface area contributed by atoms with Crippen molar-refractivity contribution >= 4 is 23.0 Å². The van der Waals surface area contributed by atoms with Gasteiger partial charge >= 0.3 is 0 Å². The highest BCUT2D eigenvalue weighted by Crippen LogP contribution is 2.42. The summed E-state index contributed by atoms with van der Waals surface area (Å²) < 4.78 is 8.19. The summed E-state index contributed by atoms with van der Waals surface area (Å²) in [7, 11) is 0. The second kappa shape index (κ2) is 11.9. The van der Waals surface area contributed by atoms with Crippen molar-refractivity contribution in [1.82, 2.24) is 4.57 Å². The van der Waals surface area contributed by atoms with Gasteiger partial charge in [-0.25, -0.2) is 0 Å². The second-order valence-electron chi connectivity index (χ2n) is 11.9. The first kappa shape index (κ1) is 27.8. The Labute approximate surface area is 248 Å². The van der Waals surface area contributed by atoms with Crippen LogP contribution in [0.2, 0.25) is 0 Å². The van der Waals surface area contributed by atoms with E-state index in [1.165, 1.54) is 12.8 Å². The van der Waals surface area contributed by atoms with Crippen LogP contribution in [0.4, 0.5) is 0 Å². The monoisotopic (exact) mass is 555 g/mol. The SMILES string of the molecule is C/C=C(/C(=C1\C=CCC(C(C)C)n2cc(C=O)c(=O)cc21)c1ccc(OC2CC2)cc1)c1ccc(C#CC2CC2)cc1. The highest BCUT2D eigenvalue weighted by atomic mass is 16.5. The molecule has 212 valence electrons. The quantitative estimate of drug-likeness (QED) is 0.218. The lowest BCUT2D eigenvalue weighted by Crippen LogP contribution is -2.22. The second-order valence-corrected chi connectivity index (χ2v) is 11.9. The van der Waals surface area contributed by atoms with Crippen molar-refractivity contribution in [2.24, 2.45) is 11.8 Å². The minimum atomic E-state index is -0.264. The molecule has 3 aliphatic rings. The number of aldehydes is 1. The first-order valence-electron chi connectivity index (χ1n) is 15.1. The van der Waals surface area contributed by atoms with E-state index in [4.69, 9.17) is 4.74 Å². The van der Waals surface area contributed by atoms with Gasteiger partial charge in [0, 0.05) is 35.4 Å². The van der Waals surface area contributed by atoms with E-state index in [-0.39, 0.29) is 17.0 Å². The van der Waals surface area contributed by atoms with Gasteiger partial charge in [0.15, 0.2) is 11.7 Å². The molecule has 1 aliphatic heterocycles. The zero-order chi connectivity index (χ0) is 29.2. The maximum Gasteiger partial charge on any atom is 0.192 e. The molecule has 2 saturated carbocycles. The molecule has 3 aromatic rings. The number of pyridine rings is 1. The lowest BCUT2D eigenvalue weighted by molar-refractivity contribution is 0.112. The first-order chi connectivity index (χ1) is 20.4. The number of hydrogen-bond donors (Lipinski definition) is 0. The first-order valence-corrected chi connectivity index (χ1v) is 15.1. The number of hydrogen-bond acceptors (Lipinski definition) is 3. The van der Waals surface area contributed by atoms with Crippen molar-refractivity contribution in [1.29, 1.82) is 0 Å². The highest BCUT2D eigenvalue weighted by Gasteiger charge is 2.26. The molecule has 0 bridgehead atoms. The summed E-state index contributed by atoms with van der Waals surface area (Å²) in [5.74, 6) is 8.41. The molecule has 4 nitrogen and oxygen atoms in total. The van der Waals surface area contributed by atoms with E-state index in [1.54, 1.807) is 12.3 Å². The highest BCUT2D eigenvalue weighted by molar-refractivity contribution is 6.16. The molecule has 0 N–H and O–H groups in total. The molecule has 1 atom stereocenters. The molecule has 0 amide bonds. The maximum atomic E-state index is 13.1. The standard InChI is InChI=1S/C38H37NO3/c1-4-33(28-14-12-27(13-15-28)11-10-26-8-9-26)38(29-16-18-31(19-17-29)42-32-20-21-32)34-6-5-7-35(25(2)3)39-23-30(24-40)37(41)22-36(34)39/h4-6,12-19,22-26,32,35H,7-9,20-21H2,1-3H3/b33-4+,38-34+. The molecule has 0 radical (unpaired) electrons. The summed E-state index contributed by atoms with van der Waals surface area (Å²) in [6.45, 7) is 6.42. The third kappa shape index (κ3) is 5.97. The van der Waals surface area contributed by atoms with Gasteiger partial charge in [-0.1, -0.05) is 68.2 Å². The molecule has 2 aromatic carbocycles.